The first-order chi connectivity index (χ1) is 16.1. The summed E-state index contributed by atoms with van der Waals surface area (Å²) in [6.45, 7) is 4.02. The number of hydrogen-bond donors (Lipinski definition) is 2. The van der Waals surface area contributed by atoms with Crippen molar-refractivity contribution >= 4 is 56.6 Å². The molecule has 0 unspecified atom stereocenters. The summed E-state index contributed by atoms with van der Waals surface area (Å²) in [5.74, 6) is 0.0793. The minimum Gasteiger partial charge on any atom is -0.351 e. The summed E-state index contributed by atoms with van der Waals surface area (Å²) in [5, 5.41) is 3.10. The van der Waals surface area contributed by atoms with E-state index in [9.17, 15) is 17.6 Å². The third-order valence-corrected chi connectivity index (χ3v) is 8.14. The highest BCUT2D eigenvalue weighted by atomic mass is 35.5. The Kier molecular flexibility index (Phi) is 8.87. The minimum atomic E-state index is -4.02. The molecule has 0 atom stereocenters. The van der Waals surface area contributed by atoms with E-state index in [1.165, 1.54) is 36.0 Å². The number of thioether (sulfide) groups is 1. The lowest BCUT2D eigenvalue weighted by Crippen LogP contribution is -2.26. The number of benzene rings is 3. The Balaban J connectivity index is 1.62. The van der Waals surface area contributed by atoms with Crippen molar-refractivity contribution in [3.63, 3.8) is 0 Å². The van der Waals surface area contributed by atoms with Crippen molar-refractivity contribution in [2.45, 2.75) is 24.5 Å². The number of halogens is 3. The zero-order chi connectivity index (χ0) is 24.9. The Hall–Kier alpha value is -2.26. The maximum absolute atomic E-state index is 13.8. The largest absolute Gasteiger partial charge is 0.351 e. The van der Waals surface area contributed by atoms with Crippen LogP contribution in [0.5, 0.6) is 0 Å². The fourth-order valence-electron chi connectivity index (χ4n) is 3.16. The molecule has 0 aliphatic heterocycles. The Labute approximate surface area is 213 Å². The van der Waals surface area contributed by atoms with Crippen LogP contribution in [0.15, 0.2) is 59.5 Å². The van der Waals surface area contributed by atoms with E-state index in [-0.39, 0.29) is 21.3 Å². The topological polar surface area (TPSA) is 75.3 Å². The van der Waals surface area contributed by atoms with Gasteiger partial charge in [0.2, 0.25) is 0 Å². The van der Waals surface area contributed by atoms with Gasteiger partial charge in [0.1, 0.15) is 10.7 Å². The predicted molar refractivity (Wildman–Crippen MR) is 138 cm³/mol. The number of aryl methyl sites for hydroxylation is 2. The lowest BCUT2D eigenvalue weighted by atomic mass is 10.1. The molecule has 0 aromatic heterocycles. The molecule has 0 heterocycles. The Morgan fingerprint density at radius 1 is 1.03 bits per heavy atom. The smallest absolute Gasteiger partial charge is 0.263 e. The maximum Gasteiger partial charge on any atom is 0.263 e. The third kappa shape index (κ3) is 6.66. The van der Waals surface area contributed by atoms with Gasteiger partial charge in [-0.05, 0) is 55.8 Å². The summed E-state index contributed by atoms with van der Waals surface area (Å²) in [6, 6.07) is 13.9. The molecule has 0 aliphatic carbocycles. The molecule has 180 valence electrons. The van der Waals surface area contributed by atoms with Crippen LogP contribution in [0.3, 0.4) is 0 Å². The number of rotatable bonds is 9. The molecule has 3 rings (SSSR count). The van der Waals surface area contributed by atoms with E-state index in [0.29, 0.717) is 34.3 Å². The van der Waals surface area contributed by atoms with E-state index in [1.807, 2.05) is 13.0 Å². The van der Waals surface area contributed by atoms with Crippen LogP contribution in [0.4, 0.5) is 10.1 Å². The Bertz CT molecular complexity index is 1300. The van der Waals surface area contributed by atoms with E-state index in [4.69, 9.17) is 23.2 Å². The summed E-state index contributed by atoms with van der Waals surface area (Å²) < 4.78 is 42.3. The highest BCUT2D eigenvalue weighted by molar-refractivity contribution is 7.98. The first-order valence-electron chi connectivity index (χ1n) is 10.3. The van der Waals surface area contributed by atoms with E-state index in [1.54, 1.807) is 31.2 Å². The second-order valence-electron chi connectivity index (χ2n) is 7.58. The molecule has 0 aliphatic rings. The number of nitrogens with one attached hydrogen (secondary N) is 2. The fraction of sp³-hybridized carbons (Fsp3) is 0.208. The zero-order valence-corrected chi connectivity index (χ0v) is 21.6. The zero-order valence-electron chi connectivity index (χ0n) is 18.5. The van der Waals surface area contributed by atoms with Crippen molar-refractivity contribution in [2.24, 2.45) is 0 Å². The van der Waals surface area contributed by atoms with Gasteiger partial charge in [0.15, 0.2) is 0 Å². The number of hydrogen-bond acceptors (Lipinski definition) is 4. The molecule has 0 saturated heterocycles. The molecule has 0 fully saturated rings. The first-order valence-corrected chi connectivity index (χ1v) is 13.7. The van der Waals surface area contributed by atoms with E-state index in [2.05, 4.69) is 10.0 Å². The molecule has 1 amide bonds. The average molecular weight is 541 g/mol. The van der Waals surface area contributed by atoms with Crippen molar-refractivity contribution in [1.29, 1.82) is 0 Å². The maximum atomic E-state index is 13.8. The van der Waals surface area contributed by atoms with Gasteiger partial charge in [0.05, 0.1) is 10.7 Å². The van der Waals surface area contributed by atoms with Crippen LogP contribution >= 0.6 is 35.0 Å². The van der Waals surface area contributed by atoms with Crippen molar-refractivity contribution in [3.05, 3.63) is 92.7 Å². The van der Waals surface area contributed by atoms with Crippen LogP contribution < -0.4 is 10.0 Å². The van der Waals surface area contributed by atoms with Crippen molar-refractivity contribution in [1.82, 2.24) is 5.32 Å². The second-order valence-corrected chi connectivity index (χ2v) is 11.1. The molecule has 0 spiro atoms. The standard InChI is InChI=1S/C24H23Cl2FN2O3S2/c1-15-6-9-22(16(2)12-15)29-34(31,32)23-13-17(7-8-20(23)26)24(30)28-10-11-33-14-18-19(25)4-3-5-21(18)27/h3-9,12-13,29H,10-11,14H2,1-2H3,(H,28,30). The Morgan fingerprint density at radius 2 is 1.79 bits per heavy atom. The molecule has 34 heavy (non-hydrogen) atoms. The van der Waals surface area contributed by atoms with Gasteiger partial charge in [0.25, 0.3) is 15.9 Å². The van der Waals surface area contributed by atoms with Gasteiger partial charge in [-0.3, -0.25) is 9.52 Å². The number of carbonyl (C=O) groups excluding carboxylic acids is 1. The van der Waals surface area contributed by atoms with E-state index >= 15 is 0 Å². The monoisotopic (exact) mass is 540 g/mol. The van der Waals surface area contributed by atoms with E-state index < -0.39 is 15.9 Å². The summed E-state index contributed by atoms with van der Waals surface area (Å²) in [6.07, 6.45) is 0. The van der Waals surface area contributed by atoms with Crippen LogP contribution in [0, 0.1) is 19.7 Å². The molecule has 3 aromatic carbocycles. The molecule has 0 radical (unpaired) electrons. The van der Waals surface area contributed by atoms with Crippen molar-refractivity contribution in [3.8, 4) is 0 Å². The summed E-state index contributed by atoms with van der Waals surface area (Å²) in [5.41, 5.74) is 2.79. The minimum absolute atomic E-state index is 0.00568. The highest BCUT2D eigenvalue weighted by Crippen LogP contribution is 2.27. The van der Waals surface area contributed by atoms with Crippen molar-refractivity contribution in [2.75, 3.05) is 17.0 Å². The summed E-state index contributed by atoms with van der Waals surface area (Å²) in [7, 11) is -4.02. The van der Waals surface area contributed by atoms with Gasteiger partial charge in [-0.1, -0.05) is 47.0 Å². The second kappa shape index (κ2) is 11.4. The van der Waals surface area contributed by atoms with Gasteiger partial charge >= 0.3 is 0 Å². The van der Waals surface area contributed by atoms with E-state index in [0.717, 1.165) is 11.1 Å². The molecule has 2 N–H and O–H groups in total. The van der Waals surface area contributed by atoms with Gasteiger partial charge in [-0.15, -0.1) is 0 Å². The fourth-order valence-corrected chi connectivity index (χ4v) is 6.02. The number of sulfonamides is 1. The first kappa shape index (κ1) is 26.3. The van der Waals surface area contributed by atoms with Gasteiger partial charge in [-0.2, -0.15) is 11.8 Å². The normalized spacial score (nSPS) is 11.3. The Morgan fingerprint density at radius 3 is 2.50 bits per heavy atom. The van der Waals surface area contributed by atoms with Crippen LogP contribution in [-0.2, 0) is 15.8 Å². The molecule has 3 aromatic rings. The lowest BCUT2D eigenvalue weighted by molar-refractivity contribution is 0.0956. The molecular formula is C24H23Cl2FN2O3S2. The third-order valence-electron chi connectivity index (χ3n) is 4.95. The van der Waals surface area contributed by atoms with Crippen LogP contribution in [0.1, 0.15) is 27.0 Å². The number of carbonyl (C=O) groups is 1. The quantitative estimate of drug-likeness (QED) is 0.316. The average Bonchev–Trinajstić information content (AvgIpc) is 2.77. The highest BCUT2D eigenvalue weighted by Gasteiger charge is 2.21. The molecule has 0 saturated carbocycles. The molecule has 0 bridgehead atoms. The van der Waals surface area contributed by atoms with Crippen LogP contribution in [0.25, 0.3) is 0 Å². The lowest BCUT2D eigenvalue weighted by Gasteiger charge is -2.13. The van der Waals surface area contributed by atoms with Crippen LogP contribution in [0.2, 0.25) is 10.0 Å². The van der Waals surface area contributed by atoms with Crippen LogP contribution in [-0.4, -0.2) is 26.6 Å². The summed E-state index contributed by atoms with van der Waals surface area (Å²) in [4.78, 5) is 12.4. The van der Waals surface area contributed by atoms with Crippen molar-refractivity contribution < 1.29 is 17.6 Å². The SMILES string of the molecule is Cc1ccc(NS(=O)(=O)c2cc(C(=O)NCCSCc3c(F)cccc3Cl)ccc2Cl)c(C)c1. The van der Waals surface area contributed by atoms with Gasteiger partial charge in [0, 0.05) is 34.2 Å². The number of amides is 1. The van der Waals surface area contributed by atoms with Gasteiger partial charge in [-0.25, -0.2) is 12.8 Å². The molecule has 5 nitrogen and oxygen atoms in total. The summed E-state index contributed by atoms with van der Waals surface area (Å²) >= 11 is 13.6. The van der Waals surface area contributed by atoms with Gasteiger partial charge < -0.3 is 5.32 Å². The molecular weight excluding hydrogens is 518 g/mol. The predicted octanol–water partition coefficient (Wildman–Crippen LogP) is 6.21. The number of anilines is 1. The molecule has 10 heteroatoms.